The summed E-state index contributed by atoms with van der Waals surface area (Å²) >= 11 is 10.2. The summed E-state index contributed by atoms with van der Waals surface area (Å²) in [5.74, 6) is 2.62. The standard InChI is InChI=1S/C21H17BrN4O.C12H11BrN2O2.C5H4BrN.C5H10O.C4H9.Li/c22-14-11-15(19-16(12-14)25-20(26-19)13-7-8-13)21(27,17-5-1-3-9-23-17)18-6-2-4-10-24-18;1-17-12(16)8-4-7(13)5-9-10(8)15-11(14-9)6-2-3-6;6-5-3-1-2-4-7-5;1-5-3-2-4-6-5;1-3-4-2;/h1-6,9-13,27H,7-8H2,(H,25,26);4-6H,2-3H2,1H3,(H,14,15);1-4H;5H,2-4H2,1H3;1,3-4H2,2H3;/q;;;;-1;+1. The first kappa shape index (κ1) is 49.3. The predicted molar refractivity (Wildman–Crippen MR) is 250 cm³/mol. The molecule has 62 heavy (non-hydrogen) atoms. The number of aromatic nitrogens is 7. The number of unbranched alkanes of at least 4 members (excludes halogenated alkanes) is 1. The van der Waals surface area contributed by atoms with Crippen LogP contribution in [0.4, 0.5) is 0 Å². The van der Waals surface area contributed by atoms with Crippen molar-refractivity contribution in [2.24, 2.45) is 0 Å². The zero-order valence-electron chi connectivity index (χ0n) is 35.6. The average molecular weight is 1020 g/mol. The second kappa shape index (κ2) is 23.8. The first-order valence-electron chi connectivity index (χ1n) is 20.5. The van der Waals surface area contributed by atoms with Gasteiger partial charge in [-0.05, 0) is 122 Å². The number of hydrogen-bond donors (Lipinski definition) is 3. The van der Waals surface area contributed by atoms with E-state index < -0.39 is 5.60 Å². The van der Waals surface area contributed by atoms with Crippen LogP contribution in [-0.2, 0) is 15.1 Å². The fourth-order valence-electron chi connectivity index (χ4n) is 6.49. The number of esters is 1. The summed E-state index contributed by atoms with van der Waals surface area (Å²) in [6.07, 6.45) is 15.1. The molecule has 5 aromatic heterocycles. The summed E-state index contributed by atoms with van der Waals surface area (Å²) < 4.78 is 12.5. The Bertz CT molecular complexity index is 2420. The molecule has 1 atom stereocenters. The topological polar surface area (TPSA) is 152 Å². The Balaban J connectivity index is 0.000000175. The summed E-state index contributed by atoms with van der Waals surface area (Å²) in [4.78, 5) is 40.5. The number of halogens is 3. The minimum atomic E-state index is -1.51. The fraction of sp³-hybridized carbons (Fsp3) is 0.340. The van der Waals surface area contributed by atoms with E-state index in [0.717, 1.165) is 67.6 Å². The monoisotopic (exact) mass is 1020 g/mol. The van der Waals surface area contributed by atoms with Gasteiger partial charge in [0.05, 0.1) is 46.7 Å². The fourth-order valence-corrected chi connectivity index (χ4v) is 7.67. The molecule has 15 heteroatoms. The van der Waals surface area contributed by atoms with E-state index in [-0.39, 0.29) is 24.8 Å². The van der Waals surface area contributed by atoms with Crippen molar-refractivity contribution in [3.05, 3.63) is 152 Å². The maximum absolute atomic E-state index is 12.0. The second-order valence-corrected chi connectivity index (χ2v) is 17.6. The quantitative estimate of drug-likeness (QED) is 0.0616. The first-order valence-corrected chi connectivity index (χ1v) is 22.9. The van der Waals surface area contributed by atoms with E-state index >= 15 is 0 Å². The van der Waals surface area contributed by atoms with Crippen LogP contribution in [0, 0.1) is 6.92 Å². The van der Waals surface area contributed by atoms with Crippen molar-refractivity contribution in [3.8, 4) is 0 Å². The summed E-state index contributed by atoms with van der Waals surface area (Å²) in [7, 11) is 1.38. The van der Waals surface area contributed by atoms with Crippen molar-refractivity contribution in [2.75, 3.05) is 13.7 Å². The number of aliphatic hydroxyl groups is 1. The minimum Gasteiger partial charge on any atom is -0.465 e. The Labute approximate surface area is 400 Å². The molecule has 3 aliphatic rings. The Kier molecular flexibility index (Phi) is 18.9. The Hall–Kier alpha value is -3.74. The molecular weight excluding hydrogens is 973 g/mol. The third-order valence-corrected chi connectivity index (χ3v) is 11.5. The van der Waals surface area contributed by atoms with E-state index in [9.17, 15) is 9.90 Å². The number of carbonyl (C=O) groups excluding carboxylic acids is 1. The van der Waals surface area contributed by atoms with Gasteiger partial charge >= 0.3 is 24.8 Å². The van der Waals surface area contributed by atoms with Crippen LogP contribution in [-0.4, -0.2) is 65.8 Å². The van der Waals surface area contributed by atoms with Crippen molar-refractivity contribution in [1.82, 2.24) is 34.9 Å². The first-order chi connectivity index (χ1) is 29.5. The van der Waals surface area contributed by atoms with E-state index in [1.54, 1.807) is 24.7 Å². The number of ether oxygens (including phenoxy) is 2. The Morgan fingerprint density at radius 2 is 1.32 bits per heavy atom. The SMILES string of the molecule is Brc1ccccn1.CC1CCCO1.COC(=O)c1cc(Br)cc2[nH]c(C3CC3)nc12.OC(c1ccccn1)(c1ccccn1)c1cc(Br)cc2[nH]c(C3CC3)nc12.[CH2-]CCC.[Li+]. The van der Waals surface area contributed by atoms with Crippen LogP contribution in [0.3, 0.4) is 0 Å². The number of hydrogen-bond acceptors (Lipinski definition) is 9. The summed E-state index contributed by atoms with van der Waals surface area (Å²) in [6, 6.07) is 24.3. The van der Waals surface area contributed by atoms with E-state index in [1.165, 1.54) is 39.2 Å². The van der Waals surface area contributed by atoms with Crippen molar-refractivity contribution >= 4 is 75.8 Å². The molecule has 0 spiro atoms. The summed E-state index contributed by atoms with van der Waals surface area (Å²) in [5, 5.41) is 12.0. The number of rotatable bonds is 7. The number of pyridine rings is 3. The number of imidazole rings is 2. The van der Waals surface area contributed by atoms with Gasteiger partial charge in [0.15, 0.2) is 5.60 Å². The van der Waals surface area contributed by atoms with Gasteiger partial charge < -0.3 is 31.5 Å². The number of methoxy groups -OCH3 is 1. The van der Waals surface area contributed by atoms with Gasteiger partial charge in [0.2, 0.25) is 0 Å². The molecule has 11 nitrogen and oxygen atoms in total. The molecule has 2 saturated carbocycles. The van der Waals surface area contributed by atoms with Gasteiger partial charge in [-0.2, -0.15) is 6.42 Å². The van der Waals surface area contributed by atoms with Crippen molar-refractivity contribution in [3.63, 3.8) is 0 Å². The second-order valence-electron chi connectivity index (χ2n) is 15.0. The number of aromatic amines is 2. The Morgan fingerprint density at radius 3 is 1.71 bits per heavy atom. The van der Waals surface area contributed by atoms with Gasteiger partial charge in [0.25, 0.3) is 0 Å². The van der Waals surface area contributed by atoms with Crippen LogP contribution in [0.15, 0.2) is 111 Å². The molecule has 6 heterocycles. The van der Waals surface area contributed by atoms with E-state index in [0.29, 0.717) is 46.0 Å². The molecule has 0 amide bonds. The molecule has 3 N–H and O–H groups in total. The maximum atomic E-state index is 12.0. The number of nitrogens with zero attached hydrogens (tertiary/aromatic N) is 5. The van der Waals surface area contributed by atoms with Crippen LogP contribution in [0.2, 0.25) is 0 Å². The minimum absolute atomic E-state index is 0. The average Bonchev–Trinajstić information content (AvgIpc) is 4.19. The van der Waals surface area contributed by atoms with E-state index in [2.05, 4.69) is 98.5 Å². The van der Waals surface area contributed by atoms with Gasteiger partial charge in [-0.3, -0.25) is 9.97 Å². The van der Waals surface area contributed by atoms with Crippen molar-refractivity contribution < 1.29 is 38.2 Å². The Morgan fingerprint density at radius 1 is 0.806 bits per heavy atom. The smallest absolute Gasteiger partial charge is 0.465 e. The van der Waals surface area contributed by atoms with Crippen LogP contribution in [0.5, 0.6) is 0 Å². The van der Waals surface area contributed by atoms with Gasteiger partial charge in [-0.1, -0.05) is 63.4 Å². The number of H-pyrrole nitrogens is 2. The number of fused-ring (bicyclic) bond motifs is 2. The summed E-state index contributed by atoms with van der Waals surface area (Å²) in [5.41, 5.74) is 3.89. The maximum Gasteiger partial charge on any atom is 1.00 e. The normalized spacial score (nSPS) is 15.3. The molecule has 0 bridgehead atoms. The summed E-state index contributed by atoms with van der Waals surface area (Å²) in [6.45, 7) is 8.83. The van der Waals surface area contributed by atoms with Gasteiger partial charge in [-0.25, -0.2) is 19.7 Å². The third kappa shape index (κ3) is 13.2. The van der Waals surface area contributed by atoms with Crippen LogP contribution in [0.25, 0.3) is 22.1 Å². The van der Waals surface area contributed by atoms with Gasteiger partial charge in [0.1, 0.15) is 21.8 Å². The number of carbonyl (C=O) groups is 1. The number of benzene rings is 2. The molecule has 2 aliphatic carbocycles. The van der Waals surface area contributed by atoms with Crippen molar-refractivity contribution in [1.29, 1.82) is 0 Å². The molecule has 7 aromatic rings. The van der Waals surface area contributed by atoms with Crippen molar-refractivity contribution in [2.45, 2.75) is 88.8 Å². The molecule has 3 fully saturated rings. The van der Waals surface area contributed by atoms with Crippen LogP contribution in [0.1, 0.15) is 116 Å². The van der Waals surface area contributed by atoms with Gasteiger partial charge in [-0.15, -0.1) is 0 Å². The van der Waals surface area contributed by atoms with Crippen LogP contribution < -0.4 is 18.9 Å². The molecule has 1 aliphatic heterocycles. The third-order valence-electron chi connectivity index (χ3n) is 10.1. The molecule has 1 saturated heterocycles. The molecule has 10 rings (SSSR count). The zero-order valence-corrected chi connectivity index (χ0v) is 40.3. The molecule has 0 radical (unpaired) electrons. The van der Waals surface area contributed by atoms with Crippen LogP contribution >= 0.6 is 47.8 Å². The number of nitrogens with one attached hydrogen (secondary N) is 2. The van der Waals surface area contributed by atoms with Gasteiger partial charge in [0, 0.05) is 51.5 Å². The predicted octanol–water partition coefficient (Wildman–Crippen LogP) is 8.92. The zero-order chi connectivity index (χ0) is 43.4. The molecule has 2 aromatic carbocycles. The van der Waals surface area contributed by atoms with E-state index in [4.69, 9.17) is 14.5 Å². The largest absolute Gasteiger partial charge is 1.00 e. The molecular formula is C47H51Br3LiN7O4. The molecule has 320 valence electrons. The molecule has 1 unspecified atom stereocenters. The van der Waals surface area contributed by atoms with E-state index in [1.807, 2.05) is 72.8 Å².